The first-order chi connectivity index (χ1) is 14.0. The van der Waals surface area contributed by atoms with Gasteiger partial charge >= 0.3 is 0 Å². The van der Waals surface area contributed by atoms with E-state index in [2.05, 4.69) is 15.0 Å². The van der Waals surface area contributed by atoms with Gasteiger partial charge in [-0.3, -0.25) is 0 Å². The van der Waals surface area contributed by atoms with Gasteiger partial charge in [0.2, 0.25) is 0 Å². The number of hydrogen-bond acceptors (Lipinski definition) is 4. The van der Waals surface area contributed by atoms with Crippen molar-refractivity contribution in [3.63, 3.8) is 0 Å². The lowest BCUT2D eigenvalue weighted by Crippen LogP contribution is -2.02. The standard InChI is InChI=1S/C22H11ClF2N4/c23-15-7-9-17(19(25)10-15)21-27-20(13-4-2-1-3-5-13)28-22(29-21)18-11-16(24)8-6-14(18)12-26/h1-11H. The molecule has 4 rings (SSSR count). The fourth-order valence-electron chi connectivity index (χ4n) is 2.80. The van der Waals surface area contributed by atoms with Crippen LogP contribution in [-0.2, 0) is 0 Å². The summed E-state index contributed by atoms with van der Waals surface area (Å²) in [4.78, 5) is 13.1. The van der Waals surface area contributed by atoms with Gasteiger partial charge in [-0.25, -0.2) is 23.7 Å². The third-order valence-corrected chi connectivity index (χ3v) is 4.42. The minimum atomic E-state index is -0.603. The zero-order valence-electron chi connectivity index (χ0n) is 14.8. The minimum Gasteiger partial charge on any atom is -0.208 e. The molecular formula is C22H11ClF2N4. The van der Waals surface area contributed by atoms with Gasteiger partial charge in [0, 0.05) is 16.1 Å². The average Bonchev–Trinajstić information content (AvgIpc) is 2.74. The third-order valence-electron chi connectivity index (χ3n) is 4.18. The van der Waals surface area contributed by atoms with E-state index in [1.54, 1.807) is 12.1 Å². The molecule has 0 saturated carbocycles. The zero-order chi connectivity index (χ0) is 20.4. The first-order valence-electron chi connectivity index (χ1n) is 8.52. The molecular weight excluding hydrogens is 394 g/mol. The van der Waals surface area contributed by atoms with Crippen molar-refractivity contribution in [3.8, 4) is 40.2 Å². The molecule has 0 aliphatic rings. The van der Waals surface area contributed by atoms with Gasteiger partial charge < -0.3 is 0 Å². The smallest absolute Gasteiger partial charge is 0.167 e. The van der Waals surface area contributed by atoms with E-state index in [9.17, 15) is 14.0 Å². The summed E-state index contributed by atoms with van der Waals surface area (Å²) < 4.78 is 28.4. The summed E-state index contributed by atoms with van der Waals surface area (Å²) in [6, 6.07) is 18.9. The number of nitriles is 1. The van der Waals surface area contributed by atoms with Crippen molar-refractivity contribution < 1.29 is 8.78 Å². The van der Waals surface area contributed by atoms with Crippen LogP contribution in [0.1, 0.15) is 5.56 Å². The van der Waals surface area contributed by atoms with E-state index in [1.165, 1.54) is 30.3 Å². The van der Waals surface area contributed by atoms with E-state index in [4.69, 9.17) is 11.6 Å². The van der Waals surface area contributed by atoms with Crippen molar-refractivity contribution in [3.05, 3.63) is 89.0 Å². The van der Waals surface area contributed by atoms with Crippen molar-refractivity contribution >= 4 is 11.6 Å². The maximum Gasteiger partial charge on any atom is 0.167 e. The first-order valence-corrected chi connectivity index (χ1v) is 8.90. The second-order valence-electron chi connectivity index (χ2n) is 6.10. The number of benzene rings is 3. The van der Waals surface area contributed by atoms with Crippen molar-refractivity contribution in [2.75, 3.05) is 0 Å². The second-order valence-corrected chi connectivity index (χ2v) is 6.53. The SMILES string of the molecule is N#Cc1ccc(F)cc1-c1nc(-c2ccccc2)nc(-c2ccc(Cl)cc2F)n1. The summed E-state index contributed by atoms with van der Waals surface area (Å²) in [7, 11) is 0. The summed E-state index contributed by atoms with van der Waals surface area (Å²) in [5.41, 5.74) is 1.17. The third kappa shape index (κ3) is 3.82. The monoisotopic (exact) mass is 404 g/mol. The normalized spacial score (nSPS) is 10.6. The number of rotatable bonds is 3. The van der Waals surface area contributed by atoms with Crippen molar-refractivity contribution in [1.82, 2.24) is 15.0 Å². The molecule has 0 bridgehead atoms. The average molecular weight is 405 g/mol. The predicted octanol–water partition coefficient (Wildman–Crippen LogP) is 5.68. The van der Waals surface area contributed by atoms with Crippen molar-refractivity contribution in [1.29, 1.82) is 5.26 Å². The van der Waals surface area contributed by atoms with E-state index in [-0.39, 0.29) is 39.2 Å². The van der Waals surface area contributed by atoms with Gasteiger partial charge in [-0.2, -0.15) is 5.26 Å². The zero-order valence-corrected chi connectivity index (χ0v) is 15.5. The predicted molar refractivity (Wildman–Crippen MR) is 106 cm³/mol. The summed E-state index contributed by atoms with van der Waals surface area (Å²) in [6.07, 6.45) is 0. The Morgan fingerprint density at radius 3 is 2.14 bits per heavy atom. The summed E-state index contributed by atoms with van der Waals surface area (Å²) in [5, 5.41) is 9.64. The van der Waals surface area contributed by atoms with Gasteiger partial charge in [0.05, 0.1) is 17.2 Å². The first kappa shape index (κ1) is 18.7. The molecule has 0 unspecified atom stereocenters. The van der Waals surface area contributed by atoms with Crippen LogP contribution in [0.25, 0.3) is 34.2 Å². The lowest BCUT2D eigenvalue weighted by Gasteiger charge is -2.10. The topological polar surface area (TPSA) is 62.5 Å². The van der Waals surface area contributed by atoms with Gasteiger partial charge in [0.1, 0.15) is 11.6 Å². The Hall–Kier alpha value is -3.69. The Morgan fingerprint density at radius 1 is 0.759 bits per heavy atom. The minimum absolute atomic E-state index is 0.0520. The molecule has 0 aliphatic heterocycles. The highest BCUT2D eigenvalue weighted by atomic mass is 35.5. The van der Waals surface area contributed by atoms with E-state index >= 15 is 0 Å². The quantitative estimate of drug-likeness (QED) is 0.441. The van der Waals surface area contributed by atoms with Crippen LogP contribution in [0.2, 0.25) is 5.02 Å². The van der Waals surface area contributed by atoms with Gasteiger partial charge in [-0.15, -0.1) is 0 Å². The van der Waals surface area contributed by atoms with Crippen LogP contribution < -0.4 is 0 Å². The Kier molecular flexibility index (Phi) is 4.98. The van der Waals surface area contributed by atoms with Crippen LogP contribution in [0.3, 0.4) is 0 Å². The molecule has 0 spiro atoms. The molecule has 0 amide bonds. The Morgan fingerprint density at radius 2 is 1.45 bits per heavy atom. The highest BCUT2D eigenvalue weighted by molar-refractivity contribution is 6.30. The fourth-order valence-corrected chi connectivity index (χ4v) is 2.96. The molecule has 7 heteroatoms. The summed E-state index contributed by atoms with van der Waals surface area (Å²) in [6.45, 7) is 0. The molecule has 0 aliphatic carbocycles. The molecule has 1 aromatic heterocycles. The molecule has 0 N–H and O–H groups in total. The maximum atomic E-state index is 14.5. The van der Waals surface area contributed by atoms with Crippen LogP contribution in [0.4, 0.5) is 8.78 Å². The highest BCUT2D eigenvalue weighted by Crippen LogP contribution is 2.29. The van der Waals surface area contributed by atoms with Crippen molar-refractivity contribution in [2.24, 2.45) is 0 Å². The second kappa shape index (κ2) is 7.74. The fraction of sp³-hybridized carbons (Fsp3) is 0. The number of halogens is 3. The lowest BCUT2D eigenvalue weighted by atomic mass is 10.1. The number of nitrogens with zero attached hydrogens (tertiary/aromatic N) is 4. The van der Waals surface area contributed by atoms with Gasteiger partial charge in [-0.05, 0) is 36.4 Å². The maximum absolute atomic E-state index is 14.5. The molecule has 0 fully saturated rings. The Labute approximate surface area is 170 Å². The van der Waals surface area contributed by atoms with Crippen LogP contribution in [0, 0.1) is 23.0 Å². The molecule has 0 radical (unpaired) electrons. The summed E-state index contributed by atoms with van der Waals surface area (Å²) >= 11 is 5.84. The van der Waals surface area contributed by atoms with Gasteiger partial charge in [0.25, 0.3) is 0 Å². The Bertz CT molecular complexity index is 1250. The van der Waals surface area contributed by atoms with E-state index < -0.39 is 11.6 Å². The van der Waals surface area contributed by atoms with E-state index in [1.807, 2.05) is 24.3 Å². The van der Waals surface area contributed by atoms with Crippen LogP contribution in [0.15, 0.2) is 66.7 Å². The molecule has 140 valence electrons. The Balaban J connectivity index is 1.99. The van der Waals surface area contributed by atoms with Gasteiger partial charge in [0.15, 0.2) is 17.5 Å². The van der Waals surface area contributed by atoms with Crippen LogP contribution in [0.5, 0.6) is 0 Å². The van der Waals surface area contributed by atoms with Gasteiger partial charge in [-0.1, -0.05) is 41.9 Å². The lowest BCUT2D eigenvalue weighted by molar-refractivity contribution is 0.627. The number of hydrogen-bond donors (Lipinski definition) is 0. The molecule has 4 nitrogen and oxygen atoms in total. The highest BCUT2D eigenvalue weighted by Gasteiger charge is 2.17. The molecule has 4 aromatic rings. The van der Waals surface area contributed by atoms with Crippen LogP contribution in [-0.4, -0.2) is 15.0 Å². The van der Waals surface area contributed by atoms with Crippen LogP contribution >= 0.6 is 11.6 Å². The van der Waals surface area contributed by atoms with Crippen molar-refractivity contribution in [2.45, 2.75) is 0 Å². The molecule has 29 heavy (non-hydrogen) atoms. The largest absolute Gasteiger partial charge is 0.208 e. The molecule has 0 atom stereocenters. The molecule has 1 heterocycles. The van der Waals surface area contributed by atoms with E-state index in [0.717, 1.165) is 6.07 Å². The van der Waals surface area contributed by atoms with E-state index in [0.29, 0.717) is 5.56 Å². The molecule has 3 aromatic carbocycles. The number of aromatic nitrogens is 3. The molecule has 0 saturated heterocycles. The summed E-state index contributed by atoms with van der Waals surface area (Å²) in [5.74, 6) is -0.753.